The van der Waals surface area contributed by atoms with Crippen molar-refractivity contribution in [2.45, 2.75) is 38.6 Å². The predicted octanol–water partition coefficient (Wildman–Crippen LogP) is 1.26. The molecule has 76 valence electrons. The van der Waals surface area contributed by atoms with Gasteiger partial charge >= 0.3 is 5.97 Å². The molecule has 0 spiro atoms. The van der Waals surface area contributed by atoms with Crippen LogP contribution >= 0.6 is 0 Å². The number of rotatable bonds is 4. The highest BCUT2D eigenvalue weighted by Crippen LogP contribution is 2.40. The highest BCUT2D eigenvalue weighted by Gasteiger charge is 2.33. The molecule has 2 rings (SSSR count). The Labute approximate surface area is 81.7 Å². The molecule has 1 fully saturated rings. The molecule has 0 bridgehead atoms. The first-order valence-corrected chi connectivity index (χ1v) is 4.90. The van der Waals surface area contributed by atoms with Crippen molar-refractivity contribution in [3.8, 4) is 0 Å². The van der Waals surface area contributed by atoms with E-state index in [2.05, 4.69) is 10.3 Å². The first-order chi connectivity index (χ1) is 6.74. The Morgan fingerprint density at radius 1 is 1.64 bits per heavy atom. The van der Waals surface area contributed by atoms with Gasteiger partial charge in [-0.3, -0.25) is 0 Å². The van der Waals surface area contributed by atoms with E-state index in [-0.39, 0.29) is 5.69 Å². The molecule has 1 aromatic rings. The third-order valence-electron chi connectivity index (χ3n) is 2.36. The maximum Gasteiger partial charge on any atom is 0.356 e. The van der Waals surface area contributed by atoms with Crippen molar-refractivity contribution in [2.24, 2.45) is 0 Å². The van der Waals surface area contributed by atoms with E-state index in [0.717, 1.165) is 19.3 Å². The molecule has 1 N–H and O–H groups in total. The lowest BCUT2D eigenvalue weighted by Gasteiger charge is -2.00. The van der Waals surface area contributed by atoms with Crippen molar-refractivity contribution in [1.82, 2.24) is 15.0 Å². The Morgan fingerprint density at radius 3 is 2.86 bits per heavy atom. The molecule has 0 unspecified atom stereocenters. The number of aryl methyl sites for hydroxylation is 1. The highest BCUT2D eigenvalue weighted by atomic mass is 16.4. The Hall–Kier alpha value is -1.39. The van der Waals surface area contributed by atoms with E-state index in [9.17, 15) is 4.79 Å². The predicted molar refractivity (Wildman–Crippen MR) is 49.2 cm³/mol. The van der Waals surface area contributed by atoms with E-state index >= 15 is 0 Å². The Morgan fingerprint density at radius 2 is 2.36 bits per heavy atom. The Kier molecular flexibility index (Phi) is 2.23. The summed E-state index contributed by atoms with van der Waals surface area (Å²) >= 11 is 0. The minimum absolute atomic E-state index is 0.286. The third kappa shape index (κ3) is 1.49. The number of carbonyl (C=O) groups is 1. The van der Waals surface area contributed by atoms with Crippen LogP contribution in [0.25, 0.3) is 0 Å². The van der Waals surface area contributed by atoms with Gasteiger partial charge in [-0.25, -0.2) is 9.48 Å². The van der Waals surface area contributed by atoms with Crippen LogP contribution in [0.15, 0.2) is 0 Å². The van der Waals surface area contributed by atoms with E-state index in [4.69, 9.17) is 5.11 Å². The molecule has 1 saturated carbocycles. The molecule has 1 aliphatic carbocycles. The number of aromatic carboxylic acids is 1. The zero-order valence-corrected chi connectivity index (χ0v) is 8.10. The van der Waals surface area contributed by atoms with Crippen molar-refractivity contribution in [1.29, 1.82) is 0 Å². The maximum atomic E-state index is 11.0. The van der Waals surface area contributed by atoms with Crippen molar-refractivity contribution in [3.05, 3.63) is 11.4 Å². The summed E-state index contributed by atoms with van der Waals surface area (Å²) in [6, 6.07) is 0. The van der Waals surface area contributed by atoms with Crippen LogP contribution in [0.4, 0.5) is 0 Å². The van der Waals surface area contributed by atoms with Crippen LogP contribution in [0.2, 0.25) is 0 Å². The highest BCUT2D eigenvalue weighted by molar-refractivity contribution is 5.87. The average molecular weight is 195 g/mol. The lowest BCUT2D eigenvalue weighted by Crippen LogP contribution is -2.11. The molecule has 1 aromatic heterocycles. The van der Waals surface area contributed by atoms with Crippen LogP contribution in [0.5, 0.6) is 0 Å². The quantitative estimate of drug-likeness (QED) is 0.785. The number of aromatic nitrogens is 3. The standard InChI is InChI=1S/C9H13N3O2/c1-2-5-12-8(9(13)14)7(10-11-12)6-3-4-6/h6H,2-5H2,1H3,(H,13,14). The van der Waals surface area contributed by atoms with Gasteiger partial charge in [0.2, 0.25) is 0 Å². The van der Waals surface area contributed by atoms with Crippen LogP contribution < -0.4 is 0 Å². The van der Waals surface area contributed by atoms with Crippen molar-refractivity contribution >= 4 is 5.97 Å². The maximum absolute atomic E-state index is 11.0. The van der Waals surface area contributed by atoms with Gasteiger partial charge in [0, 0.05) is 12.5 Å². The fourth-order valence-corrected chi connectivity index (χ4v) is 1.55. The zero-order valence-electron chi connectivity index (χ0n) is 8.10. The van der Waals surface area contributed by atoms with Gasteiger partial charge in [0.15, 0.2) is 5.69 Å². The van der Waals surface area contributed by atoms with E-state index in [1.54, 1.807) is 0 Å². The molecule has 14 heavy (non-hydrogen) atoms. The van der Waals surface area contributed by atoms with Crippen molar-refractivity contribution < 1.29 is 9.90 Å². The largest absolute Gasteiger partial charge is 0.476 e. The topological polar surface area (TPSA) is 68.0 Å². The summed E-state index contributed by atoms with van der Waals surface area (Å²) in [6.07, 6.45) is 2.96. The minimum Gasteiger partial charge on any atom is -0.476 e. The van der Waals surface area contributed by atoms with Crippen molar-refractivity contribution in [3.63, 3.8) is 0 Å². The summed E-state index contributed by atoms with van der Waals surface area (Å²) in [5.74, 6) is -0.572. The van der Waals surface area contributed by atoms with E-state index in [1.807, 2.05) is 6.92 Å². The van der Waals surface area contributed by atoms with E-state index in [0.29, 0.717) is 18.2 Å². The number of hydrogen-bond donors (Lipinski definition) is 1. The second kappa shape index (κ2) is 3.40. The van der Waals surface area contributed by atoms with Gasteiger partial charge in [-0.05, 0) is 19.3 Å². The smallest absolute Gasteiger partial charge is 0.356 e. The number of carboxylic acids is 1. The summed E-state index contributed by atoms with van der Waals surface area (Å²) in [5.41, 5.74) is 0.959. The van der Waals surface area contributed by atoms with Gasteiger partial charge in [0.1, 0.15) is 5.69 Å². The molecule has 0 saturated heterocycles. The van der Waals surface area contributed by atoms with Crippen molar-refractivity contribution in [2.75, 3.05) is 0 Å². The van der Waals surface area contributed by atoms with E-state index < -0.39 is 5.97 Å². The fraction of sp³-hybridized carbons (Fsp3) is 0.667. The molecular formula is C9H13N3O2. The molecular weight excluding hydrogens is 182 g/mol. The van der Waals surface area contributed by atoms with Gasteiger partial charge < -0.3 is 5.11 Å². The van der Waals surface area contributed by atoms with Crippen LogP contribution in [0.3, 0.4) is 0 Å². The normalized spacial score (nSPS) is 15.8. The monoisotopic (exact) mass is 195 g/mol. The van der Waals surface area contributed by atoms with Crippen LogP contribution in [-0.2, 0) is 6.54 Å². The average Bonchev–Trinajstić information content (AvgIpc) is 2.88. The van der Waals surface area contributed by atoms with Gasteiger partial charge in [0.25, 0.3) is 0 Å². The summed E-state index contributed by atoms with van der Waals surface area (Å²) in [7, 11) is 0. The Bertz CT molecular complexity index is 355. The number of carboxylic acid groups (broad SMARTS) is 1. The molecule has 0 aromatic carbocycles. The van der Waals surface area contributed by atoms with Crippen LogP contribution in [-0.4, -0.2) is 26.1 Å². The minimum atomic E-state index is -0.912. The fourth-order valence-electron chi connectivity index (χ4n) is 1.55. The molecule has 5 nitrogen and oxygen atoms in total. The van der Waals surface area contributed by atoms with Gasteiger partial charge in [0.05, 0.1) is 0 Å². The number of nitrogens with zero attached hydrogens (tertiary/aromatic N) is 3. The summed E-state index contributed by atoms with van der Waals surface area (Å²) in [5, 5.41) is 16.9. The summed E-state index contributed by atoms with van der Waals surface area (Å²) in [6.45, 7) is 2.62. The molecule has 0 aliphatic heterocycles. The molecule has 1 heterocycles. The number of hydrogen-bond acceptors (Lipinski definition) is 3. The molecule has 0 atom stereocenters. The lowest BCUT2D eigenvalue weighted by atomic mass is 10.2. The van der Waals surface area contributed by atoms with Crippen LogP contribution in [0.1, 0.15) is 48.3 Å². The molecule has 1 aliphatic rings. The second-order valence-corrected chi connectivity index (χ2v) is 3.63. The Balaban J connectivity index is 2.35. The third-order valence-corrected chi connectivity index (χ3v) is 2.36. The van der Waals surface area contributed by atoms with Gasteiger partial charge in [-0.2, -0.15) is 0 Å². The zero-order chi connectivity index (χ0) is 10.1. The first kappa shape index (κ1) is 9.18. The van der Waals surface area contributed by atoms with Gasteiger partial charge in [-0.1, -0.05) is 12.1 Å². The molecule has 5 heteroatoms. The summed E-state index contributed by atoms with van der Waals surface area (Å²) in [4.78, 5) is 11.0. The van der Waals surface area contributed by atoms with E-state index in [1.165, 1.54) is 4.68 Å². The van der Waals surface area contributed by atoms with Crippen LogP contribution in [0, 0.1) is 0 Å². The second-order valence-electron chi connectivity index (χ2n) is 3.63. The van der Waals surface area contributed by atoms with Gasteiger partial charge in [-0.15, -0.1) is 5.10 Å². The summed E-state index contributed by atoms with van der Waals surface area (Å²) < 4.78 is 1.50. The molecule has 0 radical (unpaired) electrons. The first-order valence-electron chi connectivity index (χ1n) is 4.90. The lowest BCUT2D eigenvalue weighted by molar-refractivity contribution is 0.0681. The molecule has 0 amide bonds. The SMILES string of the molecule is CCCn1nnc(C2CC2)c1C(=O)O.